The van der Waals surface area contributed by atoms with Crippen LogP contribution in [0.2, 0.25) is 0 Å². The molecule has 2 aliphatic rings. The van der Waals surface area contributed by atoms with Gasteiger partial charge in [0.15, 0.2) is 0 Å². The summed E-state index contributed by atoms with van der Waals surface area (Å²) in [7, 11) is 0. The van der Waals surface area contributed by atoms with Gasteiger partial charge in [0.1, 0.15) is 0 Å². The lowest BCUT2D eigenvalue weighted by atomic mass is 9.33. The Hall–Kier alpha value is -7.76. The summed E-state index contributed by atoms with van der Waals surface area (Å²) in [6.07, 6.45) is 4.19. The zero-order valence-electron chi connectivity index (χ0n) is 55.6. The number of aromatic nitrogens is 1. The van der Waals surface area contributed by atoms with Crippen LogP contribution in [0.3, 0.4) is 0 Å². The first kappa shape index (κ1) is 59.6. The van der Waals surface area contributed by atoms with E-state index in [0.29, 0.717) is 0 Å². The molecule has 0 atom stereocenters. The van der Waals surface area contributed by atoms with Crippen LogP contribution in [-0.4, -0.2) is 11.3 Å². The molecule has 0 saturated carbocycles. The van der Waals surface area contributed by atoms with Crippen LogP contribution < -0.4 is 31.1 Å². The third-order valence-corrected chi connectivity index (χ3v) is 21.1. The van der Waals surface area contributed by atoms with Crippen LogP contribution in [0.4, 0.5) is 51.2 Å². The second-order valence-electron chi connectivity index (χ2n) is 30.1. The van der Waals surface area contributed by atoms with Crippen molar-refractivity contribution >= 4 is 96.1 Å². The van der Waals surface area contributed by atoms with E-state index in [1.54, 1.807) is 0 Å². The minimum atomic E-state index is -0.0482. The van der Waals surface area contributed by atoms with E-state index in [-0.39, 0.29) is 39.2 Å². The highest BCUT2D eigenvalue weighted by Crippen LogP contribution is 2.50. The van der Waals surface area contributed by atoms with E-state index in [1.165, 1.54) is 94.3 Å². The second kappa shape index (κ2) is 21.5. The molecule has 0 aliphatic carbocycles. The molecule has 1 aromatic heterocycles. The highest BCUT2D eigenvalue weighted by atomic mass is 15.2. The third-order valence-electron chi connectivity index (χ3n) is 21.1. The predicted molar refractivity (Wildman–Crippen MR) is 380 cm³/mol. The molecule has 0 unspecified atom stereocenters. The Bertz CT molecular complexity index is 4000. The standard InChI is InChI=1S/C82H93BN4/c1-19-79(11,12)54-28-36-62(37-29-54)86-72-46-34-58(81(15,16)21-3)50-68(72)83-69-51-59(82(17,18)22-4)35-47-73(69)87(63-38-30-55(31-39-63)80(13,14)20-2)75-53-65(52-74(86)76(75)83)84(60-26-24-23-25-27-60)61-40-42-64(43-41-61)85-70-44-32-56(77(5,6)7)48-66(70)67-49-57(78(8,9)10)33-45-71(67)85/h23-53H,19-22H2,1-18H3. The minimum Gasteiger partial charge on any atom is -0.311 e. The molecule has 0 N–H and O–H groups in total. The fourth-order valence-electron chi connectivity index (χ4n) is 13.5. The fraction of sp³-hybridized carbons (Fsp3) is 0.341. The highest BCUT2D eigenvalue weighted by molar-refractivity contribution is 7.00. The summed E-state index contributed by atoms with van der Waals surface area (Å²) in [6.45, 7) is 42.3. The molecule has 87 heavy (non-hydrogen) atoms. The zero-order valence-corrected chi connectivity index (χ0v) is 55.6. The van der Waals surface area contributed by atoms with E-state index >= 15 is 0 Å². The summed E-state index contributed by atoms with van der Waals surface area (Å²) >= 11 is 0. The Kier molecular flexibility index (Phi) is 14.7. The molecule has 2 aliphatic heterocycles. The van der Waals surface area contributed by atoms with Gasteiger partial charge in [0.25, 0.3) is 6.71 Å². The lowest BCUT2D eigenvalue weighted by Gasteiger charge is -2.46. The van der Waals surface area contributed by atoms with Crippen molar-refractivity contribution in [3.05, 3.63) is 221 Å². The predicted octanol–water partition coefficient (Wildman–Crippen LogP) is 21.7. The number of hydrogen-bond donors (Lipinski definition) is 0. The van der Waals surface area contributed by atoms with Crippen molar-refractivity contribution in [3.63, 3.8) is 0 Å². The third kappa shape index (κ3) is 10.3. The molecular weight excluding hydrogens is 1050 g/mol. The Morgan fingerprint density at radius 2 is 0.678 bits per heavy atom. The molecular formula is C82H93BN4. The van der Waals surface area contributed by atoms with E-state index < -0.39 is 0 Å². The quantitative estimate of drug-likeness (QED) is 0.101. The molecule has 3 heterocycles. The van der Waals surface area contributed by atoms with Crippen molar-refractivity contribution in [1.29, 1.82) is 0 Å². The molecule has 0 amide bonds. The number of benzene rings is 9. The van der Waals surface area contributed by atoms with Crippen LogP contribution in [-0.2, 0) is 32.5 Å². The van der Waals surface area contributed by atoms with Crippen LogP contribution in [0.15, 0.2) is 188 Å². The molecule has 10 aromatic rings. The van der Waals surface area contributed by atoms with Gasteiger partial charge >= 0.3 is 0 Å². The number of anilines is 9. The van der Waals surface area contributed by atoms with Gasteiger partial charge in [-0.1, -0.05) is 203 Å². The number of para-hydroxylation sites is 1. The molecule has 0 bridgehead atoms. The van der Waals surface area contributed by atoms with Gasteiger partial charge in [-0.05, 0) is 217 Å². The molecule has 444 valence electrons. The summed E-state index contributed by atoms with van der Waals surface area (Å²) in [6, 6.07) is 73.7. The van der Waals surface area contributed by atoms with E-state index in [4.69, 9.17) is 0 Å². The van der Waals surface area contributed by atoms with Crippen LogP contribution in [0.5, 0.6) is 0 Å². The molecule has 0 radical (unpaired) electrons. The van der Waals surface area contributed by atoms with Crippen molar-refractivity contribution in [2.75, 3.05) is 14.7 Å². The average molecular weight is 1150 g/mol. The first-order chi connectivity index (χ1) is 41.2. The van der Waals surface area contributed by atoms with E-state index in [0.717, 1.165) is 59.8 Å². The van der Waals surface area contributed by atoms with Gasteiger partial charge in [-0.15, -0.1) is 0 Å². The topological polar surface area (TPSA) is 14.7 Å². The lowest BCUT2D eigenvalue weighted by molar-refractivity contribution is 0.506. The summed E-state index contributed by atoms with van der Waals surface area (Å²) < 4.78 is 2.48. The van der Waals surface area contributed by atoms with E-state index in [2.05, 4.69) is 332 Å². The first-order valence-electron chi connectivity index (χ1n) is 32.5. The lowest BCUT2D eigenvalue weighted by Crippen LogP contribution is -2.61. The number of rotatable bonds is 14. The Labute approximate surface area is 522 Å². The SMILES string of the molecule is CCC(C)(C)c1ccc(N2c3ccc(C(C)(C)CC)cc3B3c4cc(C(C)(C)CC)ccc4N(c4ccc(C(C)(C)CC)cc4)c4cc(N(c5ccccc5)c5ccc(-n6c7ccc(C(C)(C)C)cc7c7cc(C(C)(C)C)ccc76)cc5)cc2c43)cc1. The first-order valence-corrected chi connectivity index (χ1v) is 32.5. The summed E-state index contributed by atoms with van der Waals surface area (Å²) in [5.74, 6) is 0. The van der Waals surface area contributed by atoms with Gasteiger partial charge in [0.05, 0.1) is 16.7 Å². The maximum absolute atomic E-state index is 2.61. The van der Waals surface area contributed by atoms with Crippen molar-refractivity contribution < 1.29 is 0 Å². The molecule has 0 spiro atoms. The van der Waals surface area contributed by atoms with Crippen molar-refractivity contribution in [2.45, 2.75) is 183 Å². The molecule has 9 aromatic carbocycles. The maximum Gasteiger partial charge on any atom is 0.252 e. The maximum atomic E-state index is 2.61. The average Bonchev–Trinajstić information content (AvgIpc) is 1.15. The summed E-state index contributed by atoms with van der Waals surface area (Å²) in [5, 5.41) is 2.58. The van der Waals surface area contributed by atoms with Crippen LogP contribution in [0.1, 0.15) is 184 Å². The van der Waals surface area contributed by atoms with Crippen molar-refractivity contribution in [3.8, 4) is 5.69 Å². The summed E-state index contributed by atoms with van der Waals surface area (Å²) in [5.41, 5.74) is 26.2. The Balaban J connectivity index is 1.14. The van der Waals surface area contributed by atoms with Crippen LogP contribution in [0.25, 0.3) is 27.5 Å². The van der Waals surface area contributed by atoms with Gasteiger partial charge in [0.2, 0.25) is 0 Å². The Morgan fingerprint density at radius 3 is 1.07 bits per heavy atom. The van der Waals surface area contributed by atoms with Gasteiger partial charge in [-0.2, -0.15) is 0 Å². The smallest absolute Gasteiger partial charge is 0.252 e. The molecule has 0 saturated heterocycles. The van der Waals surface area contributed by atoms with Crippen LogP contribution >= 0.6 is 0 Å². The van der Waals surface area contributed by atoms with Gasteiger partial charge in [0, 0.05) is 62.0 Å². The number of nitrogens with zero attached hydrogens (tertiary/aromatic N) is 4. The largest absolute Gasteiger partial charge is 0.311 e. The molecule has 5 heteroatoms. The molecule has 12 rings (SSSR count). The van der Waals surface area contributed by atoms with E-state index in [9.17, 15) is 0 Å². The van der Waals surface area contributed by atoms with Gasteiger partial charge < -0.3 is 19.3 Å². The molecule has 4 nitrogen and oxygen atoms in total. The summed E-state index contributed by atoms with van der Waals surface area (Å²) in [4.78, 5) is 7.72. The van der Waals surface area contributed by atoms with Gasteiger partial charge in [-0.25, -0.2) is 0 Å². The highest BCUT2D eigenvalue weighted by Gasteiger charge is 2.45. The monoisotopic (exact) mass is 1140 g/mol. The van der Waals surface area contributed by atoms with Gasteiger partial charge in [-0.3, -0.25) is 0 Å². The minimum absolute atomic E-state index is 0.0153. The number of hydrogen-bond acceptors (Lipinski definition) is 3. The Morgan fingerprint density at radius 1 is 0.322 bits per heavy atom. The van der Waals surface area contributed by atoms with E-state index in [1.807, 2.05) is 0 Å². The van der Waals surface area contributed by atoms with Crippen molar-refractivity contribution in [1.82, 2.24) is 4.57 Å². The zero-order chi connectivity index (χ0) is 61.9. The second-order valence-corrected chi connectivity index (χ2v) is 30.1. The number of fused-ring (bicyclic) bond motifs is 7. The molecule has 0 fully saturated rings. The normalized spacial score (nSPS) is 13.7. The fourth-order valence-corrected chi connectivity index (χ4v) is 13.5. The van der Waals surface area contributed by atoms with Crippen LogP contribution in [0, 0.1) is 0 Å². The van der Waals surface area contributed by atoms with Crippen molar-refractivity contribution in [2.24, 2.45) is 0 Å².